The van der Waals surface area contributed by atoms with Crippen LogP contribution in [0.2, 0.25) is 0 Å². The van der Waals surface area contributed by atoms with Crippen molar-refractivity contribution in [1.82, 2.24) is 10.3 Å². The van der Waals surface area contributed by atoms with Crippen LogP contribution in [0.4, 0.5) is 24.5 Å². The summed E-state index contributed by atoms with van der Waals surface area (Å²) < 4.78 is 45.6. The van der Waals surface area contributed by atoms with Crippen LogP contribution in [0.3, 0.4) is 0 Å². The minimum Gasteiger partial charge on any atom is -0.497 e. The lowest BCUT2D eigenvalue weighted by molar-refractivity contribution is -0.137. The number of amides is 1. The number of hydrogen-bond donors (Lipinski definition) is 1. The zero-order valence-corrected chi connectivity index (χ0v) is 19.8. The predicted octanol–water partition coefficient (Wildman–Crippen LogP) is 4.29. The minimum absolute atomic E-state index is 0.173. The third-order valence-electron chi connectivity index (χ3n) is 7.00. The first-order chi connectivity index (χ1) is 17.3. The topological polar surface area (TPSA) is 57.7 Å². The summed E-state index contributed by atoms with van der Waals surface area (Å²) in [6.45, 7) is 2.18. The van der Waals surface area contributed by atoms with Gasteiger partial charge in [-0.15, -0.1) is 0 Å². The van der Waals surface area contributed by atoms with E-state index in [2.05, 4.69) is 20.1 Å². The van der Waals surface area contributed by atoms with Crippen molar-refractivity contribution in [3.8, 4) is 5.75 Å². The summed E-state index contributed by atoms with van der Waals surface area (Å²) in [5, 5.41) is 2.98. The van der Waals surface area contributed by atoms with E-state index in [0.717, 1.165) is 28.8 Å². The number of halogens is 3. The quantitative estimate of drug-likeness (QED) is 0.571. The highest BCUT2D eigenvalue weighted by Gasteiger charge is 2.42. The summed E-state index contributed by atoms with van der Waals surface area (Å²) in [7, 11) is 1.62. The van der Waals surface area contributed by atoms with E-state index in [1.807, 2.05) is 30.3 Å². The third kappa shape index (κ3) is 4.82. The molecule has 1 saturated heterocycles. The summed E-state index contributed by atoms with van der Waals surface area (Å²) >= 11 is 0. The van der Waals surface area contributed by atoms with Crippen LogP contribution in [0.15, 0.2) is 67.0 Å². The Morgan fingerprint density at radius 2 is 1.94 bits per heavy atom. The number of methoxy groups -OCH3 is 1. The van der Waals surface area contributed by atoms with Gasteiger partial charge in [0.25, 0.3) is 0 Å². The van der Waals surface area contributed by atoms with Gasteiger partial charge in [0.1, 0.15) is 5.75 Å². The molecule has 0 radical (unpaired) electrons. The van der Waals surface area contributed by atoms with E-state index in [9.17, 15) is 18.0 Å². The number of anilines is 2. The summed E-state index contributed by atoms with van der Waals surface area (Å²) in [4.78, 5) is 21.8. The number of carbonyl (C=O) groups excluding carboxylic acids is 1. The van der Waals surface area contributed by atoms with Gasteiger partial charge in [-0.2, -0.15) is 13.2 Å². The van der Waals surface area contributed by atoms with Crippen molar-refractivity contribution >= 4 is 17.3 Å². The number of nitrogens with zero attached hydrogens (tertiary/aromatic N) is 3. The van der Waals surface area contributed by atoms with Crippen LogP contribution >= 0.6 is 0 Å². The average Bonchev–Trinajstić information content (AvgIpc) is 2.90. The maximum absolute atomic E-state index is 13.4. The monoisotopic (exact) mass is 496 g/mol. The fourth-order valence-electron chi connectivity index (χ4n) is 5.15. The Balaban J connectivity index is 1.43. The molecule has 0 bridgehead atoms. The number of benzene rings is 2. The number of carbonyl (C=O) groups is 1. The van der Waals surface area contributed by atoms with Gasteiger partial charge in [0.15, 0.2) is 0 Å². The van der Waals surface area contributed by atoms with Crippen molar-refractivity contribution in [1.29, 1.82) is 0 Å². The lowest BCUT2D eigenvalue weighted by Crippen LogP contribution is -2.61. The van der Waals surface area contributed by atoms with Crippen LogP contribution in [0.1, 0.15) is 16.7 Å². The van der Waals surface area contributed by atoms with Gasteiger partial charge in [-0.05, 0) is 66.1 Å². The average molecular weight is 497 g/mol. The number of alkyl halides is 3. The molecule has 2 aliphatic heterocycles. The standard InChI is InChI=1S/C27H27F3N4O2/c1-36-22-7-5-21(6-8-22)33-11-12-34-24-9-4-20(27(28,29)30)13-19(24)14-23(25(34)17-33)26(35)32-16-18-3-2-10-31-15-18/h2-10,13,15,23,25H,11-12,14,16-17H2,1H3,(H,32,35)/t23-,25-/m1/s1. The second-order valence-corrected chi connectivity index (χ2v) is 9.14. The van der Waals surface area contributed by atoms with Gasteiger partial charge in [0, 0.05) is 49.9 Å². The van der Waals surface area contributed by atoms with Gasteiger partial charge in [-0.1, -0.05) is 6.07 Å². The first-order valence-corrected chi connectivity index (χ1v) is 11.9. The Morgan fingerprint density at radius 3 is 2.64 bits per heavy atom. The highest BCUT2D eigenvalue weighted by Crippen LogP contribution is 2.40. The van der Waals surface area contributed by atoms with Crippen molar-refractivity contribution < 1.29 is 22.7 Å². The number of nitrogens with one attached hydrogen (secondary N) is 1. The van der Waals surface area contributed by atoms with Gasteiger partial charge in [0.2, 0.25) is 5.91 Å². The van der Waals surface area contributed by atoms with Crippen LogP contribution in [0, 0.1) is 5.92 Å². The van der Waals surface area contributed by atoms with Crippen LogP contribution in [0.5, 0.6) is 5.75 Å². The number of ether oxygens (including phenoxy) is 1. The Kier molecular flexibility index (Phi) is 6.47. The normalized spacial score (nSPS) is 19.3. The SMILES string of the molecule is COc1ccc(N2CCN3c4ccc(C(F)(F)F)cc4C[C@@H](C(=O)NCc4cccnc4)[C@H]3C2)cc1. The zero-order chi connectivity index (χ0) is 25.3. The highest BCUT2D eigenvalue weighted by atomic mass is 19.4. The molecule has 6 nitrogen and oxygen atoms in total. The molecule has 5 rings (SSSR count). The molecular weight excluding hydrogens is 469 g/mol. The van der Waals surface area contributed by atoms with Crippen molar-refractivity contribution in [2.75, 3.05) is 36.5 Å². The second-order valence-electron chi connectivity index (χ2n) is 9.14. The number of fused-ring (bicyclic) bond motifs is 3. The number of pyridine rings is 1. The smallest absolute Gasteiger partial charge is 0.416 e. The van der Waals surface area contributed by atoms with E-state index in [-0.39, 0.29) is 18.4 Å². The molecule has 36 heavy (non-hydrogen) atoms. The lowest BCUT2D eigenvalue weighted by atomic mass is 9.82. The Labute approximate surface area is 207 Å². The van der Waals surface area contributed by atoms with Crippen LogP contribution < -0.4 is 19.9 Å². The van der Waals surface area contributed by atoms with Gasteiger partial charge in [0.05, 0.1) is 24.6 Å². The summed E-state index contributed by atoms with van der Waals surface area (Å²) in [5.41, 5.74) is 2.52. The second kappa shape index (κ2) is 9.72. The van der Waals surface area contributed by atoms with E-state index in [4.69, 9.17) is 4.74 Å². The van der Waals surface area contributed by atoms with E-state index in [1.54, 1.807) is 31.6 Å². The Hall–Kier alpha value is -3.75. The van der Waals surface area contributed by atoms with Crippen molar-refractivity contribution in [2.45, 2.75) is 25.2 Å². The largest absolute Gasteiger partial charge is 0.497 e. The zero-order valence-electron chi connectivity index (χ0n) is 19.8. The van der Waals surface area contributed by atoms with E-state index < -0.39 is 17.7 Å². The number of hydrogen-bond acceptors (Lipinski definition) is 5. The summed E-state index contributed by atoms with van der Waals surface area (Å²) in [6, 6.07) is 15.1. The molecule has 1 N–H and O–H groups in total. The molecule has 1 fully saturated rings. The first-order valence-electron chi connectivity index (χ1n) is 11.9. The van der Waals surface area contributed by atoms with Crippen molar-refractivity contribution in [3.63, 3.8) is 0 Å². The molecular formula is C27H27F3N4O2. The molecule has 0 aliphatic carbocycles. The molecule has 1 aromatic heterocycles. The number of rotatable bonds is 5. The van der Waals surface area contributed by atoms with Crippen molar-refractivity contribution in [3.05, 3.63) is 83.7 Å². The molecule has 0 spiro atoms. The Morgan fingerprint density at radius 1 is 1.14 bits per heavy atom. The number of aromatic nitrogens is 1. The fourth-order valence-corrected chi connectivity index (χ4v) is 5.15. The number of piperazine rings is 1. The van der Waals surface area contributed by atoms with E-state index >= 15 is 0 Å². The molecule has 3 heterocycles. The summed E-state index contributed by atoms with van der Waals surface area (Å²) in [5.74, 6) is 0.0873. The molecule has 2 aliphatic rings. The maximum Gasteiger partial charge on any atom is 0.416 e. The molecule has 9 heteroatoms. The van der Waals surface area contributed by atoms with Crippen molar-refractivity contribution in [2.24, 2.45) is 5.92 Å². The summed E-state index contributed by atoms with van der Waals surface area (Å²) in [6.07, 6.45) is -0.841. The van der Waals surface area contributed by atoms with E-state index in [1.165, 1.54) is 6.07 Å². The molecule has 3 aromatic rings. The predicted molar refractivity (Wildman–Crippen MR) is 131 cm³/mol. The van der Waals surface area contributed by atoms with Crippen LogP contribution in [-0.4, -0.2) is 43.7 Å². The Bertz CT molecular complexity index is 1220. The minimum atomic E-state index is -4.43. The van der Waals surface area contributed by atoms with Gasteiger partial charge < -0.3 is 19.9 Å². The molecule has 2 atom stereocenters. The molecule has 0 saturated carbocycles. The lowest BCUT2D eigenvalue weighted by Gasteiger charge is -2.49. The molecule has 188 valence electrons. The van der Waals surface area contributed by atoms with Gasteiger partial charge in [-0.3, -0.25) is 9.78 Å². The van der Waals surface area contributed by atoms with Gasteiger partial charge in [-0.25, -0.2) is 0 Å². The van der Waals surface area contributed by atoms with E-state index in [0.29, 0.717) is 31.7 Å². The highest BCUT2D eigenvalue weighted by molar-refractivity contribution is 5.82. The maximum atomic E-state index is 13.4. The fraction of sp³-hybridized carbons (Fsp3) is 0.333. The van der Waals surface area contributed by atoms with Gasteiger partial charge >= 0.3 is 6.18 Å². The van der Waals surface area contributed by atoms with Crippen LogP contribution in [0.25, 0.3) is 0 Å². The molecule has 2 aromatic carbocycles. The first kappa shape index (κ1) is 24.0. The van der Waals surface area contributed by atoms with Crippen LogP contribution in [-0.2, 0) is 23.9 Å². The molecule has 1 amide bonds. The third-order valence-corrected chi connectivity index (χ3v) is 7.00. The molecule has 0 unspecified atom stereocenters.